The summed E-state index contributed by atoms with van der Waals surface area (Å²) in [6.07, 6.45) is -3.37. The van der Waals surface area contributed by atoms with E-state index < -0.39 is 30.6 Å². The molecule has 1 N–H and O–H groups in total. The van der Waals surface area contributed by atoms with Crippen LogP contribution in [0.15, 0.2) is 65.8 Å². The van der Waals surface area contributed by atoms with E-state index in [9.17, 15) is 5.11 Å². The molecule has 29 heavy (non-hydrogen) atoms. The smallest absolute Gasteiger partial charge is 0.168 e. The van der Waals surface area contributed by atoms with E-state index >= 15 is 0 Å². The van der Waals surface area contributed by atoms with Gasteiger partial charge < -0.3 is 24.1 Å². The maximum atomic E-state index is 10.8. The summed E-state index contributed by atoms with van der Waals surface area (Å²) in [5, 5.41) is 14.6. The van der Waals surface area contributed by atoms with Crippen molar-refractivity contribution < 1.29 is 24.1 Å². The van der Waals surface area contributed by atoms with Crippen LogP contribution in [0.2, 0.25) is 0 Å². The largest absolute Gasteiger partial charge is 0.388 e. The van der Waals surface area contributed by atoms with Crippen LogP contribution < -0.4 is 0 Å². The third-order valence-electron chi connectivity index (χ3n) is 4.74. The normalized spacial score (nSPS) is 26.6. The average molecular weight is 399 g/mol. The minimum Gasteiger partial charge on any atom is -0.388 e. The highest BCUT2D eigenvalue weighted by Gasteiger charge is 2.46. The lowest BCUT2D eigenvalue weighted by Crippen LogP contribution is -2.59. The van der Waals surface area contributed by atoms with Crippen molar-refractivity contribution in [3.8, 4) is 0 Å². The second-order valence-electron chi connectivity index (χ2n) is 6.73. The van der Waals surface area contributed by atoms with Crippen molar-refractivity contribution in [1.82, 2.24) is 0 Å². The Balaban J connectivity index is 1.67. The van der Waals surface area contributed by atoms with Crippen LogP contribution in [0.4, 0.5) is 0 Å². The summed E-state index contributed by atoms with van der Waals surface area (Å²) in [5.74, 6) is 0. The second kappa shape index (κ2) is 10.9. The molecule has 2 unspecified atom stereocenters. The molecule has 5 atom stereocenters. The van der Waals surface area contributed by atoms with Crippen LogP contribution in [0.1, 0.15) is 11.1 Å². The Morgan fingerprint density at radius 3 is 2.24 bits per heavy atom. The first kappa shape index (κ1) is 21.3. The van der Waals surface area contributed by atoms with Gasteiger partial charge in [-0.25, -0.2) is 0 Å². The SMILES string of the molecule is CO[C@H]1OC(COCc2ccccc2)[C@@H](O)[C@H](OCc2ccccc2)C1N=[N+]=[N-]. The molecule has 0 spiro atoms. The predicted molar refractivity (Wildman–Crippen MR) is 106 cm³/mol. The molecule has 0 aliphatic carbocycles. The van der Waals surface area contributed by atoms with Gasteiger partial charge in [0, 0.05) is 12.0 Å². The maximum absolute atomic E-state index is 10.8. The molecule has 2 aromatic carbocycles. The van der Waals surface area contributed by atoms with Gasteiger partial charge in [-0.2, -0.15) is 0 Å². The first-order valence-electron chi connectivity index (χ1n) is 9.40. The van der Waals surface area contributed by atoms with E-state index in [1.54, 1.807) is 0 Å². The maximum Gasteiger partial charge on any atom is 0.168 e. The Kier molecular flexibility index (Phi) is 8.01. The molecular formula is C21H25N3O5. The number of azide groups is 1. The molecule has 1 saturated heterocycles. The molecule has 8 heteroatoms. The molecule has 1 aliphatic rings. The van der Waals surface area contributed by atoms with Gasteiger partial charge in [-0.3, -0.25) is 0 Å². The molecule has 154 valence electrons. The molecule has 0 aromatic heterocycles. The van der Waals surface area contributed by atoms with Crippen LogP contribution >= 0.6 is 0 Å². The van der Waals surface area contributed by atoms with Gasteiger partial charge in [-0.15, -0.1) is 0 Å². The number of aliphatic hydroxyl groups excluding tert-OH is 1. The molecule has 1 heterocycles. The van der Waals surface area contributed by atoms with Crippen LogP contribution in [0.25, 0.3) is 10.4 Å². The van der Waals surface area contributed by atoms with Crippen LogP contribution in [0.3, 0.4) is 0 Å². The zero-order valence-electron chi connectivity index (χ0n) is 16.2. The van der Waals surface area contributed by atoms with Gasteiger partial charge >= 0.3 is 0 Å². The van der Waals surface area contributed by atoms with E-state index in [1.807, 2.05) is 60.7 Å². The lowest BCUT2D eigenvalue weighted by molar-refractivity contribution is -0.270. The summed E-state index contributed by atoms with van der Waals surface area (Å²) in [6, 6.07) is 18.5. The molecule has 1 fully saturated rings. The van der Waals surface area contributed by atoms with Crippen molar-refractivity contribution in [3.05, 3.63) is 82.2 Å². The highest BCUT2D eigenvalue weighted by atomic mass is 16.7. The standard InChI is InChI=1S/C21H25N3O5/c1-26-21-18(23-24-22)20(28-13-16-10-6-3-7-11-16)19(25)17(29-21)14-27-12-15-8-4-2-5-9-15/h2-11,17-21,25H,12-14H2,1H3/t17?,18?,19-,20-,21+/m1/s1. The quantitative estimate of drug-likeness (QED) is 0.396. The van der Waals surface area contributed by atoms with Crippen molar-refractivity contribution in [1.29, 1.82) is 0 Å². The van der Waals surface area contributed by atoms with Crippen molar-refractivity contribution in [2.45, 2.75) is 43.9 Å². The monoisotopic (exact) mass is 399 g/mol. The number of benzene rings is 2. The first-order chi connectivity index (χ1) is 14.2. The topological polar surface area (TPSA) is 106 Å². The fraction of sp³-hybridized carbons (Fsp3) is 0.429. The van der Waals surface area contributed by atoms with Gasteiger partial charge in [-0.1, -0.05) is 65.8 Å². The first-order valence-corrected chi connectivity index (χ1v) is 9.40. The Hall–Kier alpha value is -2.45. The van der Waals surface area contributed by atoms with Gasteiger partial charge in [0.05, 0.1) is 25.9 Å². The van der Waals surface area contributed by atoms with Gasteiger partial charge in [0.2, 0.25) is 0 Å². The molecular weight excluding hydrogens is 374 g/mol. The highest BCUT2D eigenvalue weighted by molar-refractivity contribution is 5.14. The number of rotatable bonds is 9. The van der Waals surface area contributed by atoms with Crippen molar-refractivity contribution in [2.75, 3.05) is 13.7 Å². The van der Waals surface area contributed by atoms with E-state index in [-0.39, 0.29) is 13.2 Å². The van der Waals surface area contributed by atoms with Crippen molar-refractivity contribution >= 4 is 0 Å². The number of ether oxygens (including phenoxy) is 4. The Morgan fingerprint density at radius 2 is 1.66 bits per heavy atom. The van der Waals surface area contributed by atoms with Gasteiger partial charge in [0.15, 0.2) is 6.29 Å². The summed E-state index contributed by atoms with van der Waals surface area (Å²) in [4.78, 5) is 2.87. The zero-order chi connectivity index (χ0) is 20.5. The van der Waals surface area contributed by atoms with E-state index in [4.69, 9.17) is 24.5 Å². The second-order valence-corrected chi connectivity index (χ2v) is 6.73. The molecule has 0 saturated carbocycles. The summed E-state index contributed by atoms with van der Waals surface area (Å²) in [5.41, 5.74) is 10.9. The number of hydrogen-bond donors (Lipinski definition) is 1. The van der Waals surface area contributed by atoms with Crippen LogP contribution in [0, 0.1) is 0 Å². The summed E-state index contributed by atoms with van der Waals surface area (Å²) >= 11 is 0. The number of hydrogen-bond acceptors (Lipinski definition) is 6. The fourth-order valence-corrected chi connectivity index (χ4v) is 3.25. The number of nitrogens with zero attached hydrogens (tertiary/aromatic N) is 3. The number of methoxy groups -OCH3 is 1. The molecule has 8 nitrogen and oxygen atoms in total. The van der Waals surface area contributed by atoms with Gasteiger partial charge in [0.25, 0.3) is 0 Å². The lowest BCUT2D eigenvalue weighted by Gasteiger charge is -2.42. The lowest BCUT2D eigenvalue weighted by atomic mass is 9.97. The van der Waals surface area contributed by atoms with Crippen molar-refractivity contribution in [2.24, 2.45) is 5.11 Å². The Morgan fingerprint density at radius 1 is 1.03 bits per heavy atom. The third-order valence-corrected chi connectivity index (χ3v) is 4.74. The molecule has 3 rings (SSSR count). The van der Waals surface area contributed by atoms with Crippen molar-refractivity contribution in [3.63, 3.8) is 0 Å². The minimum atomic E-state index is -1.05. The van der Waals surface area contributed by atoms with Gasteiger partial charge in [0.1, 0.15) is 18.2 Å². The van der Waals surface area contributed by atoms with Crippen LogP contribution in [-0.4, -0.2) is 49.5 Å². The molecule has 2 aromatic rings. The number of aliphatic hydroxyl groups is 1. The summed E-state index contributed by atoms with van der Waals surface area (Å²) < 4.78 is 22.8. The third kappa shape index (κ3) is 5.77. The van der Waals surface area contributed by atoms with E-state index in [1.165, 1.54) is 7.11 Å². The Bertz CT molecular complexity index is 785. The molecule has 0 bridgehead atoms. The van der Waals surface area contributed by atoms with E-state index in [0.29, 0.717) is 6.61 Å². The minimum absolute atomic E-state index is 0.143. The zero-order valence-corrected chi connectivity index (χ0v) is 16.2. The highest BCUT2D eigenvalue weighted by Crippen LogP contribution is 2.28. The van der Waals surface area contributed by atoms with Crippen LogP contribution in [0.5, 0.6) is 0 Å². The van der Waals surface area contributed by atoms with Gasteiger partial charge in [-0.05, 0) is 16.7 Å². The predicted octanol–water partition coefficient (Wildman–Crippen LogP) is 3.20. The fourth-order valence-electron chi connectivity index (χ4n) is 3.25. The molecule has 0 amide bonds. The molecule has 1 aliphatic heterocycles. The van der Waals surface area contributed by atoms with Crippen LogP contribution in [-0.2, 0) is 32.2 Å². The van der Waals surface area contributed by atoms with E-state index in [2.05, 4.69) is 10.0 Å². The summed E-state index contributed by atoms with van der Waals surface area (Å²) in [6.45, 7) is 0.790. The molecule has 0 radical (unpaired) electrons. The van der Waals surface area contributed by atoms with E-state index in [0.717, 1.165) is 11.1 Å². The Labute approximate surface area is 169 Å². The summed E-state index contributed by atoms with van der Waals surface area (Å²) in [7, 11) is 1.46. The average Bonchev–Trinajstić information content (AvgIpc) is 2.76.